The van der Waals surface area contributed by atoms with E-state index in [0.717, 1.165) is 30.0 Å². The summed E-state index contributed by atoms with van der Waals surface area (Å²) in [4.78, 5) is 4.61. The molecule has 2 rings (SSSR count). The molecule has 0 fully saturated rings. The average molecular weight is 247 g/mol. The third-order valence-electron chi connectivity index (χ3n) is 2.63. The SMILES string of the molecule is CC(O)CCCc1nc(-c2ccccc2)cs1. The van der Waals surface area contributed by atoms with Crippen molar-refractivity contribution in [3.63, 3.8) is 0 Å². The van der Waals surface area contributed by atoms with E-state index >= 15 is 0 Å². The number of benzene rings is 1. The molecule has 2 aromatic rings. The van der Waals surface area contributed by atoms with Gasteiger partial charge in [0, 0.05) is 10.9 Å². The first-order valence-corrected chi connectivity index (χ1v) is 6.81. The molecular formula is C14H17NOS. The van der Waals surface area contributed by atoms with Crippen LogP contribution in [0.15, 0.2) is 35.7 Å². The van der Waals surface area contributed by atoms with Crippen molar-refractivity contribution in [2.75, 3.05) is 0 Å². The summed E-state index contributed by atoms with van der Waals surface area (Å²) in [7, 11) is 0. The van der Waals surface area contributed by atoms with Crippen LogP contribution < -0.4 is 0 Å². The maximum atomic E-state index is 9.20. The molecule has 1 atom stereocenters. The summed E-state index contributed by atoms with van der Waals surface area (Å²) in [5.41, 5.74) is 2.23. The maximum Gasteiger partial charge on any atom is 0.0932 e. The molecule has 0 saturated heterocycles. The molecule has 0 bridgehead atoms. The molecule has 0 aliphatic carbocycles. The van der Waals surface area contributed by atoms with Crippen LogP contribution >= 0.6 is 11.3 Å². The Labute approximate surface area is 106 Å². The van der Waals surface area contributed by atoms with Crippen LogP contribution in [0.25, 0.3) is 11.3 Å². The molecule has 90 valence electrons. The first kappa shape index (κ1) is 12.3. The van der Waals surface area contributed by atoms with Crippen molar-refractivity contribution in [2.45, 2.75) is 32.3 Å². The molecule has 1 aromatic heterocycles. The molecule has 1 unspecified atom stereocenters. The molecule has 0 spiro atoms. The summed E-state index contributed by atoms with van der Waals surface area (Å²) in [5.74, 6) is 0. The van der Waals surface area contributed by atoms with E-state index in [1.54, 1.807) is 11.3 Å². The van der Waals surface area contributed by atoms with Gasteiger partial charge in [-0.2, -0.15) is 0 Å². The zero-order valence-corrected chi connectivity index (χ0v) is 10.8. The summed E-state index contributed by atoms with van der Waals surface area (Å²) in [6.45, 7) is 1.83. The Kier molecular flexibility index (Phi) is 4.29. The zero-order chi connectivity index (χ0) is 12.1. The van der Waals surface area contributed by atoms with Gasteiger partial charge in [-0.15, -0.1) is 11.3 Å². The number of aliphatic hydroxyl groups is 1. The van der Waals surface area contributed by atoms with E-state index in [-0.39, 0.29) is 6.10 Å². The fraction of sp³-hybridized carbons (Fsp3) is 0.357. The summed E-state index contributed by atoms with van der Waals surface area (Å²) < 4.78 is 0. The Morgan fingerprint density at radius 2 is 2.06 bits per heavy atom. The quantitative estimate of drug-likeness (QED) is 0.877. The van der Waals surface area contributed by atoms with Gasteiger partial charge in [0.1, 0.15) is 0 Å². The van der Waals surface area contributed by atoms with Gasteiger partial charge in [-0.25, -0.2) is 4.98 Å². The highest BCUT2D eigenvalue weighted by atomic mass is 32.1. The number of aromatic nitrogens is 1. The van der Waals surface area contributed by atoms with Crippen molar-refractivity contribution in [3.05, 3.63) is 40.7 Å². The Balaban J connectivity index is 1.97. The molecule has 0 amide bonds. The van der Waals surface area contributed by atoms with Gasteiger partial charge in [0.25, 0.3) is 0 Å². The minimum absolute atomic E-state index is 0.205. The summed E-state index contributed by atoms with van der Waals surface area (Å²) in [6, 6.07) is 10.2. The van der Waals surface area contributed by atoms with Gasteiger partial charge >= 0.3 is 0 Å². The standard InChI is InChI=1S/C14H17NOS/c1-11(16)6-5-9-14-15-13(10-17-14)12-7-3-2-4-8-12/h2-4,7-8,10-11,16H,5-6,9H2,1H3. The van der Waals surface area contributed by atoms with E-state index in [4.69, 9.17) is 0 Å². The number of hydrogen-bond acceptors (Lipinski definition) is 3. The second-order valence-electron chi connectivity index (χ2n) is 4.23. The molecule has 17 heavy (non-hydrogen) atoms. The van der Waals surface area contributed by atoms with Crippen LogP contribution in [0, 0.1) is 0 Å². The second kappa shape index (κ2) is 5.94. The number of rotatable bonds is 5. The fourth-order valence-corrected chi connectivity index (χ4v) is 2.57. The Morgan fingerprint density at radius 3 is 2.76 bits per heavy atom. The van der Waals surface area contributed by atoms with E-state index in [9.17, 15) is 5.11 Å². The van der Waals surface area contributed by atoms with E-state index in [0.29, 0.717) is 0 Å². The maximum absolute atomic E-state index is 9.20. The van der Waals surface area contributed by atoms with Crippen LogP contribution in [0.1, 0.15) is 24.8 Å². The fourth-order valence-electron chi connectivity index (χ4n) is 1.72. The van der Waals surface area contributed by atoms with Crippen LogP contribution in [0.2, 0.25) is 0 Å². The van der Waals surface area contributed by atoms with Gasteiger partial charge in [0.05, 0.1) is 16.8 Å². The third kappa shape index (κ3) is 3.65. The van der Waals surface area contributed by atoms with Crippen molar-refractivity contribution in [3.8, 4) is 11.3 Å². The van der Waals surface area contributed by atoms with Gasteiger partial charge in [-0.05, 0) is 26.2 Å². The largest absolute Gasteiger partial charge is 0.393 e. The second-order valence-corrected chi connectivity index (χ2v) is 5.18. The average Bonchev–Trinajstić information content (AvgIpc) is 2.78. The molecular weight excluding hydrogens is 230 g/mol. The number of aryl methyl sites for hydroxylation is 1. The normalized spacial score (nSPS) is 12.6. The molecule has 1 N–H and O–H groups in total. The van der Waals surface area contributed by atoms with Gasteiger partial charge in [0.15, 0.2) is 0 Å². The van der Waals surface area contributed by atoms with Crippen LogP contribution in [0.4, 0.5) is 0 Å². The molecule has 0 aliphatic rings. The number of aliphatic hydroxyl groups excluding tert-OH is 1. The number of thiazole rings is 1. The lowest BCUT2D eigenvalue weighted by Gasteiger charge is -2.01. The van der Waals surface area contributed by atoms with Crippen molar-refractivity contribution in [1.29, 1.82) is 0 Å². The molecule has 2 nitrogen and oxygen atoms in total. The predicted octanol–water partition coefficient (Wildman–Crippen LogP) is 3.51. The van der Waals surface area contributed by atoms with Gasteiger partial charge < -0.3 is 5.11 Å². The smallest absolute Gasteiger partial charge is 0.0932 e. The van der Waals surface area contributed by atoms with Crippen molar-refractivity contribution in [1.82, 2.24) is 4.98 Å². The molecule has 3 heteroatoms. The van der Waals surface area contributed by atoms with E-state index in [1.807, 2.05) is 25.1 Å². The first-order valence-electron chi connectivity index (χ1n) is 5.93. The highest BCUT2D eigenvalue weighted by Gasteiger charge is 2.04. The summed E-state index contributed by atoms with van der Waals surface area (Å²) in [6.07, 6.45) is 2.60. The zero-order valence-electron chi connectivity index (χ0n) is 9.97. The number of nitrogens with zero attached hydrogens (tertiary/aromatic N) is 1. The Morgan fingerprint density at radius 1 is 1.29 bits per heavy atom. The third-order valence-corrected chi connectivity index (χ3v) is 3.54. The Bertz CT molecular complexity index is 450. The Hall–Kier alpha value is -1.19. The van der Waals surface area contributed by atoms with Gasteiger partial charge in [-0.3, -0.25) is 0 Å². The lowest BCUT2D eigenvalue weighted by molar-refractivity contribution is 0.181. The predicted molar refractivity (Wildman–Crippen MR) is 72.2 cm³/mol. The molecule has 0 saturated carbocycles. The van der Waals surface area contributed by atoms with Crippen molar-refractivity contribution in [2.24, 2.45) is 0 Å². The van der Waals surface area contributed by atoms with Crippen LogP contribution in [-0.2, 0) is 6.42 Å². The molecule has 0 aliphatic heterocycles. The minimum atomic E-state index is -0.205. The van der Waals surface area contributed by atoms with Crippen LogP contribution in [-0.4, -0.2) is 16.2 Å². The first-order chi connectivity index (χ1) is 8.25. The highest BCUT2D eigenvalue weighted by molar-refractivity contribution is 7.09. The van der Waals surface area contributed by atoms with E-state index in [2.05, 4.69) is 22.5 Å². The van der Waals surface area contributed by atoms with Crippen molar-refractivity contribution < 1.29 is 5.11 Å². The van der Waals surface area contributed by atoms with E-state index < -0.39 is 0 Å². The van der Waals surface area contributed by atoms with Gasteiger partial charge in [0.2, 0.25) is 0 Å². The molecule has 0 radical (unpaired) electrons. The van der Waals surface area contributed by atoms with Crippen LogP contribution in [0.5, 0.6) is 0 Å². The lowest BCUT2D eigenvalue weighted by Crippen LogP contribution is -1.99. The minimum Gasteiger partial charge on any atom is -0.393 e. The van der Waals surface area contributed by atoms with Crippen molar-refractivity contribution >= 4 is 11.3 Å². The molecule has 1 aromatic carbocycles. The summed E-state index contributed by atoms with van der Waals surface area (Å²) >= 11 is 1.70. The van der Waals surface area contributed by atoms with Crippen LogP contribution in [0.3, 0.4) is 0 Å². The summed E-state index contributed by atoms with van der Waals surface area (Å²) in [5, 5.41) is 12.5. The monoisotopic (exact) mass is 247 g/mol. The number of hydrogen-bond donors (Lipinski definition) is 1. The van der Waals surface area contributed by atoms with Gasteiger partial charge in [-0.1, -0.05) is 30.3 Å². The molecule has 1 heterocycles. The topological polar surface area (TPSA) is 33.1 Å². The highest BCUT2D eigenvalue weighted by Crippen LogP contribution is 2.22. The van der Waals surface area contributed by atoms with E-state index in [1.165, 1.54) is 5.56 Å². The lowest BCUT2D eigenvalue weighted by atomic mass is 10.1.